The minimum Gasteiger partial charge on any atom is -0.497 e. The fourth-order valence-corrected chi connectivity index (χ4v) is 7.06. The van der Waals surface area contributed by atoms with Gasteiger partial charge in [0.2, 0.25) is 11.8 Å². The number of amides is 3. The molecule has 1 heterocycles. The molecule has 1 saturated heterocycles. The highest BCUT2D eigenvalue weighted by Crippen LogP contribution is 2.28. The standard InChI is InChI=1S/C28H43N3O5S2/c1-28(2,3)36-27(34)31-19-38-18-24(31)25(32)29-23(17-37-16-21-9-7-6-8-10-21)26(33)30(4)15-20-11-13-22(35-5)14-12-20/h11-14,21,23-24H,6-10,15-19H2,1-5H3,(H,29,32). The Labute approximate surface area is 235 Å². The molecule has 2 atom stereocenters. The topological polar surface area (TPSA) is 88.2 Å². The van der Waals surface area contributed by atoms with E-state index in [1.807, 2.05) is 24.3 Å². The van der Waals surface area contributed by atoms with Crippen LogP contribution in [0, 0.1) is 5.92 Å². The van der Waals surface area contributed by atoms with Crippen LogP contribution in [0.5, 0.6) is 5.75 Å². The lowest BCUT2D eigenvalue weighted by molar-refractivity contribution is -0.136. The van der Waals surface area contributed by atoms with E-state index >= 15 is 0 Å². The van der Waals surface area contributed by atoms with E-state index in [2.05, 4.69) is 5.32 Å². The Hall–Kier alpha value is -2.07. The number of hydrogen-bond acceptors (Lipinski definition) is 7. The number of carbonyl (C=O) groups is 3. The van der Waals surface area contributed by atoms with Gasteiger partial charge >= 0.3 is 6.09 Å². The van der Waals surface area contributed by atoms with Crippen molar-refractivity contribution >= 4 is 41.4 Å². The second-order valence-electron chi connectivity index (χ2n) is 11.1. The summed E-state index contributed by atoms with van der Waals surface area (Å²) in [7, 11) is 3.38. The van der Waals surface area contributed by atoms with Crippen LogP contribution in [0.15, 0.2) is 24.3 Å². The molecule has 1 aromatic carbocycles. The summed E-state index contributed by atoms with van der Waals surface area (Å²) in [5.41, 5.74) is 0.328. The van der Waals surface area contributed by atoms with Gasteiger partial charge in [0, 0.05) is 25.1 Å². The molecule has 0 aromatic heterocycles. The molecule has 10 heteroatoms. The molecule has 2 aliphatic rings. The number of carbonyl (C=O) groups excluding carboxylic acids is 3. The average molecular weight is 566 g/mol. The molecule has 0 spiro atoms. The quantitative estimate of drug-likeness (QED) is 0.438. The van der Waals surface area contributed by atoms with Crippen LogP contribution >= 0.6 is 23.5 Å². The van der Waals surface area contributed by atoms with Gasteiger partial charge in [0.15, 0.2) is 0 Å². The highest BCUT2D eigenvalue weighted by molar-refractivity contribution is 7.99. The van der Waals surface area contributed by atoms with Crippen molar-refractivity contribution in [2.45, 2.75) is 77.1 Å². The highest BCUT2D eigenvalue weighted by atomic mass is 32.2. The number of nitrogens with one attached hydrogen (secondary N) is 1. The number of nitrogens with zero attached hydrogens (tertiary/aromatic N) is 2. The van der Waals surface area contributed by atoms with Crippen LogP contribution in [0.25, 0.3) is 0 Å². The summed E-state index contributed by atoms with van der Waals surface area (Å²) in [6.07, 6.45) is 5.82. The lowest BCUT2D eigenvalue weighted by Crippen LogP contribution is -2.55. The van der Waals surface area contributed by atoms with E-state index in [1.54, 1.807) is 51.6 Å². The van der Waals surface area contributed by atoms with Gasteiger partial charge < -0.3 is 19.7 Å². The molecule has 1 aromatic rings. The molecule has 0 bridgehead atoms. The summed E-state index contributed by atoms with van der Waals surface area (Å²) in [6.45, 7) is 5.84. The molecule has 2 unspecified atom stereocenters. The predicted molar refractivity (Wildman–Crippen MR) is 154 cm³/mol. The van der Waals surface area contributed by atoms with E-state index in [0.29, 0.717) is 29.8 Å². The van der Waals surface area contributed by atoms with Crippen molar-refractivity contribution in [3.05, 3.63) is 29.8 Å². The summed E-state index contributed by atoms with van der Waals surface area (Å²) >= 11 is 3.24. The van der Waals surface area contributed by atoms with E-state index in [0.717, 1.165) is 17.1 Å². The third kappa shape index (κ3) is 9.29. The van der Waals surface area contributed by atoms with Gasteiger partial charge in [-0.05, 0) is 63.0 Å². The van der Waals surface area contributed by atoms with E-state index in [4.69, 9.17) is 9.47 Å². The second-order valence-corrected chi connectivity index (χ2v) is 13.2. The second kappa shape index (κ2) is 14.4. The smallest absolute Gasteiger partial charge is 0.411 e. The minimum atomic E-state index is -0.676. The van der Waals surface area contributed by atoms with Gasteiger partial charge in [0.05, 0.1) is 13.0 Å². The maximum atomic E-state index is 13.6. The summed E-state index contributed by atoms with van der Waals surface area (Å²) in [5.74, 6) is 3.34. The van der Waals surface area contributed by atoms with Crippen molar-refractivity contribution in [1.82, 2.24) is 15.1 Å². The van der Waals surface area contributed by atoms with Crippen LogP contribution in [0.2, 0.25) is 0 Å². The molecular weight excluding hydrogens is 522 g/mol. The SMILES string of the molecule is COc1ccc(CN(C)C(=O)C(CSCC2CCCCC2)NC(=O)C2CSCN2C(=O)OC(C)(C)C)cc1. The number of likely N-dealkylation sites (N-methyl/N-ethyl adjacent to an activating group) is 1. The first-order valence-corrected chi connectivity index (χ1v) is 15.7. The van der Waals surface area contributed by atoms with Crippen molar-refractivity contribution in [3.63, 3.8) is 0 Å². The molecule has 212 valence electrons. The third-order valence-corrected chi connectivity index (χ3v) is 9.03. The first kappa shape index (κ1) is 30.5. The Balaban J connectivity index is 1.66. The molecule has 1 N–H and O–H groups in total. The summed E-state index contributed by atoms with van der Waals surface area (Å²) in [6, 6.07) is 6.27. The van der Waals surface area contributed by atoms with E-state index in [-0.39, 0.29) is 11.8 Å². The number of methoxy groups -OCH3 is 1. The van der Waals surface area contributed by atoms with Gasteiger partial charge in [-0.15, -0.1) is 11.8 Å². The molecule has 1 aliphatic carbocycles. The van der Waals surface area contributed by atoms with Gasteiger partial charge in [-0.1, -0.05) is 31.4 Å². The largest absolute Gasteiger partial charge is 0.497 e. The van der Waals surface area contributed by atoms with Crippen molar-refractivity contribution < 1.29 is 23.9 Å². The number of hydrogen-bond donors (Lipinski definition) is 1. The molecule has 1 saturated carbocycles. The first-order chi connectivity index (χ1) is 18.1. The first-order valence-electron chi connectivity index (χ1n) is 13.4. The molecule has 38 heavy (non-hydrogen) atoms. The monoisotopic (exact) mass is 565 g/mol. The zero-order valence-corrected chi connectivity index (χ0v) is 25.0. The van der Waals surface area contributed by atoms with Crippen LogP contribution in [0.3, 0.4) is 0 Å². The van der Waals surface area contributed by atoms with Crippen LogP contribution in [0.4, 0.5) is 4.79 Å². The van der Waals surface area contributed by atoms with Crippen molar-refractivity contribution in [2.24, 2.45) is 5.92 Å². The molecule has 1 aliphatic heterocycles. The maximum absolute atomic E-state index is 13.6. The molecule has 0 radical (unpaired) electrons. The summed E-state index contributed by atoms with van der Waals surface area (Å²) in [4.78, 5) is 42.8. The van der Waals surface area contributed by atoms with Crippen LogP contribution in [-0.2, 0) is 20.9 Å². The predicted octanol–water partition coefficient (Wildman–Crippen LogP) is 4.76. The van der Waals surface area contributed by atoms with Gasteiger partial charge in [-0.3, -0.25) is 14.5 Å². The minimum absolute atomic E-state index is 0.139. The van der Waals surface area contributed by atoms with E-state index in [9.17, 15) is 14.4 Å². The summed E-state index contributed by atoms with van der Waals surface area (Å²) in [5, 5.41) is 3.00. The zero-order chi connectivity index (χ0) is 27.7. The zero-order valence-electron chi connectivity index (χ0n) is 23.4. The van der Waals surface area contributed by atoms with Crippen LogP contribution < -0.4 is 10.1 Å². The van der Waals surface area contributed by atoms with Crippen molar-refractivity contribution in [1.29, 1.82) is 0 Å². The Morgan fingerprint density at radius 2 is 1.84 bits per heavy atom. The van der Waals surface area contributed by atoms with Crippen molar-refractivity contribution in [3.8, 4) is 5.75 Å². The molecule has 8 nitrogen and oxygen atoms in total. The van der Waals surface area contributed by atoms with Crippen LogP contribution in [0.1, 0.15) is 58.4 Å². The highest BCUT2D eigenvalue weighted by Gasteiger charge is 2.39. The number of thioether (sulfide) groups is 2. The normalized spacial score (nSPS) is 19.1. The molecular formula is C28H43N3O5S2. The fourth-order valence-electron chi connectivity index (χ4n) is 4.66. The van der Waals surface area contributed by atoms with Gasteiger partial charge in [0.25, 0.3) is 0 Å². The van der Waals surface area contributed by atoms with Gasteiger partial charge in [0.1, 0.15) is 23.4 Å². The van der Waals surface area contributed by atoms with Crippen LogP contribution in [-0.4, -0.2) is 82.7 Å². The number of benzene rings is 1. The Morgan fingerprint density at radius 1 is 1.16 bits per heavy atom. The van der Waals surface area contributed by atoms with E-state index < -0.39 is 23.8 Å². The lowest BCUT2D eigenvalue weighted by atomic mass is 9.91. The number of rotatable bonds is 10. The average Bonchev–Trinajstić information content (AvgIpc) is 3.38. The fraction of sp³-hybridized carbons (Fsp3) is 0.679. The lowest BCUT2D eigenvalue weighted by Gasteiger charge is -2.30. The van der Waals surface area contributed by atoms with Gasteiger partial charge in [-0.25, -0.2) is 4.79 Å². The molecule has 2 fully saturated rings. The Kier molecular flexibility index (Phi) is 11.5. The van der Waals surface area contributed by atoms with Gasteiger partial charge in [-0.2, -0.15) is 11.8 Å². The third-order valence-electron chi connectivity index (χ3n) is 6.75. The maximum Gasteiger partial charge on any atom is 0.411 e. The van der Waals surface area contributed by atoms with E-state index in [1.165, 1.54) is 48.8 Å². The number of ether oxygens (including phenoxy) is 2. The molecule has 3 amide bonds. The Bertz CT molecular complexity index is 931. The summed E-state index contributed by atoms with van der Waals surface area (Å²) < 4.78 is 10.7. The van der Waals surface area contributed by atoms with Crippen molar-refractivity contribution in [2.75, 3.05) is 37.3 Å². The molecule has 3 rings (SSSR count). The Morgan fingerprint density at radius 3 is 2.47 bits per heavy atom.